The molecule has 0 unspecified atom stereocenters. The Labute approximate surface area is 161 Å². The summed E-state index contributed by atoms with van der Waals surface area (Å²) in [7, 11) is 0. The SMILES string of the molecule is C[C@H]1C[C@@]2(CCN1Cc1ccc[nH]c1=O)OCCc1cc(CC(F)F)sc12. The Balaban J connectivity index is 1.53. The number of nitrogens with one attached hydrogen (secondary N) is 1. The molecule has 7 heteroatoms. The molecule has 2 aromatic heterocycles. The molecule has 2 aliphatic rings. The minimum Gasteiger partial charge on any atom is -0.369 e. The van der Waals surface area contributed by atoms with Crippen LogP contribution in [0.3, 0.4) is 0 Å². The number of aromatic nitrogens is 1. The van der Waals surface area contributed by atoms with Crippen molar-refractivity contribution in [1.82, 2.24) is 9.88 Å². The van der Waals surface area contributed by atoms with Gasteiger partial charge in [0.1, 0.15) is 5.60 Å². The number of likely N-dealkylation sites (tertiary alicyclic amines) is 1. The Morgan fingerprint density at radius 1 is 1.48 bits per heavy atom. The summed E-state index contributed by atoms with van der Waals surface area (Å²) >= 11 is 1.50. The Hall–Kier alpha value is -1.57. The summed E-state index contributed by atoms with van der Waals surface area (Å²) in [6.45, 7) is 4.23. The predicted molar refractivity (Wildman–Crippen MR) is 102 cm³/mol. The van der Waals surface area contributed by atoms with Crippen LogP contribution in [0.15, 0.2) is 29.2 Å². The monoisotopic (exact) mass is 394 g/mol. The average molecular weight is 394 g/mol. The van der Waals surface area contributed by atoms with E-state index in [-0.39, 0.29) is 23.6 Å². The molecule has 27 heavy (non-hydrogen) atoms. The zero-order chi connectivity index (χ0) is 19.0. The van der Waals surface area contributed by atoms with Crippen LogP contribution in [0.1, 0.15) is 40.6 Å². The standard InChI is InChI=1S/C20H24F2N2O2S/c1-13-11-20(5-7-24(13)12-15-3-2-6-23-19(15)25)18-14(4-8-26-20)9-16(27-18)10-17(21)22/h2-3,6,9,13,17H,4-5,7-8,10-12H2,1H3,(H,23,25)/t13-,20+/m0/s1. The molecule has 4 rings (SSSR count). The van der Waals surface area contributed by atoms with Gasteiger partial charge in [0, 0.05) is 47.1 Å². The van der Waals surface area contributed by atoms with Crippen LogP contribution in [-0.4, -0.2) is 35.5 Å². The zero-order valence-corrected chi connectivity index (χ0v) is 16.2. The molecule has 0 aromatic carbocycles. The third-order valence-electron chi connectivity index (χ3n) is 5.70. The first-order chi connectivity index (χ1) is 13.0. The van der Waals surface area contributed by atoms with E-state index in [0.29, 0.717) is 13.2 Å². The molecule has 146 valence electrons. The van der Waals surface area contributed by atoms with Crippen LogP contribution in [0.25, 0.3) is 0 Å². The molecule has 2 aromatic rings. The third-order valence-corrected chi connectivity index (χ3v) is 7.09. The van der Waals surface area contributed by atoms with Crippen molar-refractivity contribution in [3.63, 3.8) is 0 Å². The van der Waals surface area contributed by atoms with Crippen LogP contribution >= 0.6 is 11.3 Å². The van der Waals surface area contributed by atoms with Crippen molar-refractivity contribution in [2.45, 2.75) is 57.2 Å². The van der Waals surface area contributed by atoms with Gasteiger partial charge in [0.15, 0.2) is 0 Å². The number of ether oxygens (including phenoxy) is 1. The molecule has 4 heterocycles. The van der Waals surface area contributed by atoms with Crippen LogP contribution in [-0.2, 0) is 29.7 Å². The van der Waals surface area contributed by atoms with Crippen LogP contribution in [0.2, 0.25) is 0 Å². The van der Waals surface area contributed by atoms with Gasteiger partial charge in [0.2, 0.25) is 6.43 Å². The number of halogens is 2. The lowest BCUT2D eigenvalue weighted by Gasteiger charge is -2.47. The van der Waals surface area contributed by atoms with Gasteiger partial charge in [0.25, 0.3) is 5.56 Å². The van der Waals surface area contributed by atoms with E-state index < -0.39 is 6.43 Å². The molecule has 0 bridgehead atoms. The minimum atomic E-state index is -2.31. The fourth-order valence-corrected chi connectivity index (χ4v) is 5.75. The summed E-state index contributed by atoms with van der Waals surface area (Å²) in [5.74, 6) is 0. The van der Waals surface area contributed by atoms with Gasteiger partial charge in [-0.15, -0.1) is 11.3 Å². The number of thiophene rings is 1. The number of H-pyrrole nitrogens is 1. The van der Waals surface area contributed by atoms with Crippen molar-refractivity contribution in [2.75, 3.05) is 13.2 Å². The molecule has 0 amide bonds. The average Bonchev–Trinajstić information content (AvgIpc) is 3.03. The number of nitrogens with zero attached hydrogens (tertiary/aromatic N) is 1. The van der Waals surface area contributed by atoms with Crippen LogP contribution < -0.4 is 5.56 Å². The molecule has 1 spiro atoms. The number of aromatic amines is 1. The molecule has 4 nitrogen and oxygen atoms in total. The maximum absolute atomic E-state index is 12.8. The van der Waals surface area contributed by atoms with E-state index in [1.165, 1.54) is 16.9 Å². The highest BCUT2D eigenvalue weighted by molar-refractivity contribution is 7.12. The normalized spacial score (nSPS) is 25.9. The first kappa shape index (κ1) is 18.8. The van der Waals surface area contributed by atoms with Crippen molar-refractivity contribution in [2.24, 2.45) is 0 Å². The summed E-state index contributed by atoms with van der Waals surface area (Å²) in [6, 6.07) is 5.90. The van der Waals surface area contributed by atoms with Gasteiger partial charge in [-0.05, 0) is 43.9 Å². The Morgan fingerprint density at radius 2 is 2.33 bits per heavy atom. The predicted octanol–water partition coefficient (Wildman–Crippen LogP) is 3.70. The van der Waals surface area contributed by atoms with E-state index in [1.54, 1.807) is 6.20 Å². The first-order valence-corrected chi connectivity index (χ1v) is 10.2. The van der Waals surface area contributed by atoms with E-state index in [4.69, 9.17) is 4.74 Å². The molecule has 0 aliphatic carbocycles. The number of rotatable bonds is 4. The van der Waals surface area contributed by atoms with Gasteiger partial charge in [-0.2, -0.15) is 0 Å². The topological polar surface area (TPSA) is 45.3 Å². The molecule has 1 fully saturated rings. The Kier molecular flexibility index (Phi) is 5.18. The third kappa shape index (κ3) is 3.73. The lowest BCUT2D eigenvalue weighted by molar-refractivity contribution is -0.110. The molecular formula is C20H24F2N2O2S. The summed E-state index contributed by atoms with van der Waals surface area (Å²) in [6.07, 6.45) is 1.60. The second kappa shape index (κ2) is 7.45. The van der Waals surface area contributed by atoms with E-state index >= 15 is 0 Å². The smallest absolute Gasteiger partial charge is 0.252 e. The van der Waals surface area contributed by atoms with Crippen molar-refractivity contribution in [3.05, 3.63) is 55.6 Å². The minimum absolute atomic E-state index is 0.0453. The Morgan fingerprint density at radius 3 is 3.07 bits per heavy atom. The summed E-state index contributed by atoms with van der Waals surface area (Å²) in [5.41, 5.74) is 1.54. The number of alkyl halides is 2. The van der Waals surface area contributed by atoms with E-state index in [1.807, 2.05) is 18.2 Å². The molecule has 1 saturated heterocycles. The van der Waals surface area contributed by atoms with Gasteiger partial charge >= 0.3 is 0 Å². The van der Waals surface area contributed by atoms with Crippen molar-refractivity contribution < 1.29 is 13.5 Å². The van der Waals surface area contributed by atoms with Crippen LogP contribution in [0.5, 0.6) is 0 Å². The maximum Gasteiger partial charge on any atom is 0.252 e. The second-order valence-corrected chi connectivity index (χ2v) is 8.69. The van der Waals surface area contributed by atoms with Crippen LogP contribution in [0, 0.1) is 0 Å². The van der Waals surface area contributed by atoms with Gasteiger partial charge in [-0.3, -0.25) is 9.69 Å². The number of piperidine rings is 1. The highest BCUT2D eigenvalue weighted by Crippen LogP contribution is 2.47. The van der Waals surface area contributed by atoms with Gasteiger partial charge in [-0.25, -0.2) is 8.78 Å². The quantitative estimate of drug-likeness (QED) is 0.860. The molecule has 2 aliphatic heterocycles. The lowest BCUT2D eigenvalue weighted by Crippen LogP contribution is -2.50. The van der Waals surface area contributed by atoms with Crippen LogP contribution in [0.4, 0.5) is 8.78 Å². The number of fused-ring (bicyclic) bond motifs is 2. The molecule has 0 saturated carbocycles. The van der Waals surface area contributed by atoms with E-state index in [0.717, 1.165) is 41.1 Å². The number of pyridine rings is 1. The molecule has 2 atom stereocenters. The zero-order valence-electron chi connectivity index (χ0n) is 15.3. The highest BCUT2D eigenvalue weighted by Gasteiger charge is 2.44. The van der Waals surface area contributed by atoms with Crippen molar-refractivity contribution in [1.29, 1.82) is 0 Å². The molecule has 1 N–H and O–H groups in total. The molecule has 0 radical (unpaired) electrons. The summed E-state index contributed by atoms with van der Waals surface area (Å²) in [5, 5.41) is 0. The fraction of sp³-hybridized carbons (Fsp3) is 0.550. The number of hydrogen-bond acceptors (Lipinski definition) is 4. The summed E-state index contributed by atoms with van der Waals surface area (Å²) < 4.78 is 31.9. The largest absolute Gasteiger partial charge is 0.369 e. The second-order valence-electron chi connectivity index (χ2n) is 7.55. The first-order valence-electron chi connectivity index (χ1n) is 9.42. The van der Waals surface area contributed by atoms with Gasteiger partial charge < -0.3 is 9.72 Å². The van der Waals surface area contributed by atoms with Gasteiger partial charge in [-0.1, -0.05) is 6.07 Å². The number of hydrogen-bond donors (Lipinski definition) is 1. The van der Waals surface area contributed by atoms with E-state index in [9.17, 15) is 13.6 Å². The fourth-order valence-electron chi connectivity index (χ4n) is 4.36. The van der Waals surface area contributed by atoms with Gasteiger partial charge in [0.05, 0.1) is 6.61 Å². The summed E-state index contributed by atoms with van der Waals surface area (Å²) in [4.78, 5) is 18.9. The molecular weight excluding hydrogens is 370 g/mol. The van der Waals surface area contributed by atoms with Crippen molar-refractivity contribution in [3.8, 4) is 0 Å². The lowest BCUT2D eigenvalue weighted by atomic mass is 9.82. The Bertz CT molecular complexity index is 866. The maximum atomic E-state index is 12.8. The highest BCUT2D eigenvalue weighted by atomic mass is 32.1. The van der Waals surface area contributed by atoms with Crippen molar-refractivity contribution >= 4 is 11.3 Å². The van der Waals surface area contributed by atoms with E-state index in [2.05, 4.69) is 16.8 Å².